The Balaban J connectivity index is 1.54. The fourth-order valence-electron chi connectivity index (χ4n) is 2.44. The topological polar surface area (TPSA) is 21.3 Å². The van der Waals surface area contributed by atoms with Gasteiger partial charge in [-0.25, -0.2) is 0 Å². The van der Waals surface area contributed by atoms with Crippen LogP contribution in [0.25, 0.3) is 0 Å². The van der Waals surface area contributed by atoms with Gasteiger partial charge < -0.3 is 10.1 Å². The zero-order valence-corrected chi connectivity index (χ0v) is 11.6. The zero-order valence-electron chi connectivity index (χ0n) is 11.6. The van der Waals surface area contributed by atoms with Crippen LogP contribution in [-0.2, 0) is 4.74 Å². The molecule has 0 saturated heterocycles. The van der Waals surface area contributed by atoms with Crippen molar-refractivity contribution in [2.24, 2.45) is 5.92 Å². The molecule has 0 amide bonds. The summed E-state index contributed by atoms with van der Waals surface area (Å²) in [6.07, 6.45) is 2.54. The first-order chi connectivity index (χ1) is 8.75. The van der Waals surface area contributed by atoms with Crippen LogP contribution in [0.15, 0.2) is 30.3 Å². The van der Waals surface area contributed by atoms with Gasteiger partial charge in [0.05, 0.1) is 6.61 Å². The van der Waals surface area contributed by atoms with Crippen LogP contribution in [-0.4, -0.2) is 25.8 Å². The molecular formula is C16H25NO. The number of hydrogen-bond acceptors (Lipinski definition) is 2. The maximum absolute atomic E-state index is 5.56. The molecular weight excluding hydrogens is 222 g/mol. The second-order valence-electron chi connectivity index (χ2n) is 5.70. The monoisotopic (exact) mass is 247 g/mol. The lowest BCUT2D eigenvalue weighted by Crippen LogP contribution is -2.41. The highest BCUT2D eigenvalue weighted by Crippen LogP contribution is 2.36. The minimum Gasteiger partial charge on any atom is -0.380 e. The Labute approximate surface area is 111 Å². The molecule has 100 valence electrons. The van der Waals surface area contributed by atoms with Crippen molar-refractivity contribution in [3.63, 3.8) is 0 Å². The molecule has 1 aliphatic rings. The van der Waals surface area contributed by atoms with Crippen LogP contribution >= 0.6 is 0 Å². The number of benzene rings is 1. The molecule has 1 aromatic carbocycles. The molecule has 1 saturated carbocycles. The van der Waals surface area contributed by atoms with E-state index >= 15 is 0 Å². The van der Waals surface area contributed by atoms with Crippen LogP contribution in [0, 0.1) is 5.92 Å². The van der Waals surface area contributed by atoms with Gasteiger partial charge >= 0.3 is 0 Å². The molecule has 0 spiro atoms. The highest BCUT2D eigenvalue weighted by molar-refractivity contribution is 5.22. The van der Waals surface area contributed by atoms with Crippen molar-refractivity contribution in [2.45, 2.75) is 38.6 Å². The highest BCUT2D eigenvalue weighted by Gasteiger charge is 2.29. The van der Waals surface area contributed by atoms with E-state index in [2.05, 4.69) is 49.5 Å². The molecule has 2 rings (SSSR count). The number of rotatable bonds is 7. The lowest BCUT2D eigenvalue weighted by Gasteiger charge is -2.36. The first-order valence-corrected chi connectivity index (χ1v) is 7.11. The van der Waals surface area contributed by atoms with E-state index < -0.39 is 0 Å². The first kappa shape index (κ1) is 13.6. The minimum atomic E-state index is 0.635. The molecule has 0 aromatic heterocycles. The predicted molar refractivity (Wildman–Crippen MR) is 75.9 cm³/mol. The van der Waals surface area contributed by atoms with Crippen molar-refractivity contribution in [1.82, 2.24) is 5.32 Å². The molecule has 2 heteroatoms. The quantitative estimate of drug-likeness (QED) is 0.747. The molecule has 0 unspecified atom stereocenters. The van der Waals surface area contributed by atoms with Crippen LogP contribution in [0.1, 0.15) is 38.2 Å². The van der Waals surface area contributed by atoms with Gasteiger partial charge in [-0.2, -0.15) is 0 Å². The van der Waals surface area contributed by atoms with Gasteiger partial charge in [0.15, 0.2) is 0 Å². The molecule has 18 heavy (non-hydrogen) atoms. The summed E-state index contributed by atoms with van der Waals surface area (Å²) in [5, 5.41) is 3.57. The lowest BCUT2D eigenvalue weighted by molar-refractivity contribution is 0.106. The fraction of sp³-hybridized carbons (Fsp3) is 0.625. The Morgan fingerprint density at radius 3 is 2.61 bits per heavy atom. The average Bonchev–Trinajstić information content (AvgIpc) is 2.32. The van der Waals surface area contributed by atoms with E-state index in [1.165, 1.54) is 18.4 Å². The largest absolute Gasteiger partial charge is 0.380 e. The number of nitrogens with one attached hydrogen (secondary N) is 1. The summed E-state index contributed by atoms with van der Waals surface area (Å²) in [4.78, 5) is 0. The molecule has 0 atom stereocenters. The van der Waals surface area contributed by atoms with Crippen LogP contribution in [0.3, 0.4) is 0 Å². The molecule has 0 radical (unpaired) electrons. The Morgan fingerprint density at radius 1 is 1.22 bits per heavy atom. The third-order valence-corrected chi connectivity index (χ3v) is 3.54. The summed E-state index contributed by atoms with van der Waals surface area (Å²) in [7, 11) is 0. The molecule has 2 nitrogen and oxygen atoms in total. The maximum Gasteiger partial charge on any atom is 0.0591 e. The van der Waals surface area contributed by atoms with Crippen molar-refractivity contribution in [3.05, 3.63) is 35.9 Å². The van der Waals surface area contributed by atoms with Crippen molar-refractivity contribution < 1.29 is 4.74 Å². The van der Waals surface area contributed by atoms with Gasteiger partial charge in [-0.05, 0) is 30.2 Å². The number of hydrogen-bond donors (Lipinski definition) is 1. The summed E-state index contributed by atoms with van der Waals surface area (Å²) < 4.78 is 5.56. The third kappa shape index (κ3) is 4.11. The first-order valence-electron chi connectivity index (χ1n) is 7.11. The Bertz CT molecular complexity index is 330. The molecule has 0 heterocycles. The maximum atomic E-state index is 5.56. The van der Waals surface area contributed by atoms with Gasteiger partial charge in [0.1, 0.15) is 0 Å². The van der Waals surface area contributed by atoms with E-state index in [4.69, 9.17) is 4.74 Å². The van der Waals surface area contributed by atoms with Gasteiger partial charge in [0, 0.05) is 19.2 Å². The standard InChI is InChI=1S/C16H25NO/c1-13(2)12-18-9-8-17-16-10-15(11-16)14-6-4-3-5-7-14/h3-7,13,15-17H,8-12H2,1-2H3. The Morgan fingerprint density at radius 2 is 1.94 bits per heavy atom. The Kier molecular flexibility index (Phi) is 5.21. The second-order valence-corrected chi connectivity index (χ2v) is 5.70. The summed E-state index contributed by atoms with van der Waals surface area (Å²) in [6, 6.07) is 11.5. The predicted octanol–water partition coefficient (Wildman–Crippen LogP) is 3.19. The van der Waals surface area contributed by atoms with Gasteiger partial charge in [-0.1, -0.05) is 44.2 Å². The Hall–Kier alpha value is -0.860. The van der Waals surface area contributed by atoms with E-state index in [0.717, 1.165) is 25.7 Å². The molecule has 1 N–H and O–H groups in total. The van der Waals surface area contributed by atoms with Crippen molar-refractivity contribution in [2.75, 3.05) is 19.8 Å². The van der Waals surface area contributed by atoms with E-state index in [9.17, 15) is 0 Å². The van der Waals surface area contributed by atoms with Gasteiger partial charge in [-0.3, -0.25) is 0 Å². The number of ether oxygens (including phenoxy) is 1. The summed E-state index contributed by atoms with van der Waals surface area (Å²) in [5.41, 5.74) is 1.49. The molecule has 0 aliphatic heterocycles. The van der Waals surface area contributed by atoms with E-state index in [0.29, 0.717) is 12.0 Å². The van der Waals surface area contributed by atoms with Crippen LogP contribution in [0.4, 0.5) is 0 Å². The summed E-state index contributed by atoms with van der Waals surface area (Å²) >= 11 is 0. The zero-order chi connectivity index (χ0) is 12.8. The third-order valence-electron chi connectivity index (χ3n) is 3.54. The van der Waals surface area contributed by atoms with Gasteiger partial charge in [0.25, 0.3) is 0 Å². The van der Waals surface area contributed by atoms with Gasteiger partial charge in [0.2, 0.25) is 0 Å². The van der Waals surface area contributed by atoms with Crippen LogP contribution < -0.4 is 5.32 Å². The van der Waals surface area contributed by atoms with E-state index in [1.54, 1.807) is 0 Å². The van der Waals surface area contributed by atoms with E-state index in [-0.39, 0.29) is 0 Å². The van der Waals surface area contributed by atoms with Crippen LogP contribution in [0.5, 0.6) is 0 Å². The average molecular weight is 247 g/mol. The SMILES string of the molecule is CC(C)COCCNC1CC(c2ccccc2)C1. The van der Waals surface area contributed by atoms with Crippen LogP contribution in [0.2, 0.25) is 0 Å². The lowest BCUT2D eigenvalue weighted by atomic mass is 9.76. The minimum absolute atomic E-state index is 0.635. The normalized spacial score (nSPS) is 23.1. The summed E-state index contributed by atoms with van der Waals surface area (Å²) in [5.74, 6) is 1.40. The van der Waals surface area contributed by atoms with Crippen molar-refractivity contribution >= 4 is 0 Å². The molecule has 1 fully saturated rings. The van der Waals surface area contributed by atoms with E-state index in [1.807, 2.05) is 0 Å². The smallest absolute Gasteiger partial charge is 0.0591 e. The van der Waals surface area contributed by atoms with Crippen molar-refractivity contribution in [1.29, 1.82) is 0 Å². The molecule has 0 bridgehead atoms. The van der Waals surface area contributed by atoms with Gasteiger partial charge in [-0.15, -0.1) is 0 Å². The summed E-state index contributed by atoms with van der Waals surface area (Å²) in [6.45, 7) is 7.07. The second kappa shape index (κ2) is 6.91. The highest BCUT2D eigenvalue weighted by atomic mass is 16.5. The fourth-order valence-corrected chi connectivity index (χ4v) is 2.44. The van der Waals surface area contributed by atoms with Crippen molar-refractivity contribution in [3.8, 4) is 0 Å². The molecule has 1 aromatic rings. The molecule has 1 aliphatic carbocycles.